The van der Waals surface area contributed by atoms with Crippen LogP contribution in [0.1, 0.15) is 37.8 Å². The SMILES string of the molecule is CCN1CCC(N(C)CCC(N)c2ccc(F)cc2)CC1. The van der Waals surface area contributed by atoms with Crippen molar-refractivity contribution in [2.75, 3.05) is 33.2 Å². The normalized spacial score (nSPS) is 19.1. The fraction of sp³-hybridized carbons (Fsp3) is 0.647. The largest absolute Gasteiger partial charge is 0.324 e. The minimum atomic E-state index is -0.203. The maximum absolute atomic E-state index is 12.9. The van der Waals surface area contributed by atoms with Gasteiger partial charge in [-0.25, -0.2) is 4.39 Å². The van der Waals surface area contributed by atoms with Crippen molar-refractivity contribution < 1.29 is 4.39 Å². The second-order valence-corrected chi connectivity index (χ2v) is 6.09. The van der Waals surface area contributed by atoms with Gasteiger partial charge in [0.1, 0.15) is 5.82 Å². The lowest BCUT2D eigenvalue weighted by Gasteiger charge is -2.36. The summed E-state index contributed by atoms with van der Waals surface area (Å²) < 4.78 is 12.9. The van der Waals surface area contributed by atoms with Crippen LogP contribution in [-0.2, 0) is 0 Å². The smallest absolute Gasteiger partial charge is 0.123 e. The van der Waals surface area contributed by atoms with Crippen LogP contribution in [0, 0.1) is 5.82 Å². The number of benzene rings is 1. The summed E-state index contributed by atoms with van der Waals surface area (Å²) >= 11 is 0. The third kappa shape index (κ3) is 4.77. The quantitative estimate of drug-likeness (QED) is 0.875. The average molecular weight is 293 g/mol. The summed E-state index contributed by atoms with van der Waals surface area (Å²) in [5, 5.41) is 0. The van der Waals surface area contributed by atoms with E-state index in [1.54, 1.807) is 12.1 Å². The fourth-order valence-electron chi connectivity index (χ4n) is 3.08. The molecule has 1 atom stereocenters. The predicted molar refractivity (Wildman–Crippen MR) is 85.7 cm³/mol. The van der Waals surface area contributed by atoms with Crippen molar-refractivity contribution in [1.82, 2.24) is 9.80 Å². The van der Waals surface area contributed by atoms with Crippen LogP contribution in [0.4, 0.5) is 4.39 Å². The summed E-state index contributed by atoms with van der Waals surface area (Å²) in [6.07, 6.45) is 3.41. The van der Waals surface area contributed by atoms with Gasteiger partial charge in [-0.3, -0.25) is 0 Å². The molecule has 0 bridgehead atoms. The monoisotopic (exact) mass is 293 g/mol. The Bertz CT molecular complexity index is 413. The molecule has 1 unspecified atom stereocenters. The highest BCUT2D eigenvalue weighted by molar-refractivity contribution is 5.19. The number of hydrogen-bond donors (Lipinski definition) is 1. The first kappa shape index (κ1) is 16.4. The Morgan fingerprint density at radius 3 is 2.48 bits per heavy atom. The predicted octanol–water partition coefficient (Wildman–Crippen LogP) is 2.63. The summed E-state index contributed by atoms with van der Waals surface area (Å²) in [5.41, 5.74) is 7.23. The minimum Gasteiger partial charge on any atom is -0.324 e. The Balaban J connectivity index is 1.76. The van der Waals surface area contributed by atoms with Gasteiger partial charge in [0, 0.05) is 12.1 Å². The third-order valence-corrected chi connectivity index (χ3v) is 4.72. The highest BCUT2D eigenvalue weighted by Crippen LogP contribution is 2.18. The van der Waals surface area contributed by atoms with Crippen LogP contribution < -0.4 is 5.73 Å². The zero-order chi connectivity index (χ0) is 15.2. The molecule has 2 rings (SSSR count). The number of likely N-dealkylation sites (tertiary alicyclic amines) is 1. The molecule has 1 fully saturated rings. The van der Waals surface area contributed by atoms with E-state index in [2.05, 4.69) is 23.8 Å². The lowest BCUT2D eigenvalue weighted by atomic mass is 10.0. The molecular formula is C17H28FN3. The van der Waals surface area contributed by atoms with E-state index >= 15 is 0 Å². The molecule has 0 aromatic heterocycles. The summed E-state index contributed by atoms with van der Waals surface area (Å²) in [5.74, 6) is -0.203. The van der Waals surface area contributed by atoms with Crippen molar-refractivity contribution >= 4 is 0 Å². The van der Waals surface area contributed by atoms with Gasteiger partial charge in [0.05, 0.1) is 0 Å². The number of nitrogens with zero attached hydrogens (tertiary/aromatic N) is 2. The topological polar surface area (TPSA) is 32.5 Å². The van der Waals surface area contributed by atoms with E-state index in [9.17, 15) is 4.39 Å². The Labute approximate surface area is 127 Å². The van der Waals surface area contributed by atoms with E-state index in [0.29, 0.717) is 6.04 Å². The van der Waals surface area contributed by atoms with Gasteiger partial charge in [-0.2, -0.15) is 0 Å². The van der Waals surface area contributed by atoms with Crippen LogP contribution in [0.15, 0.2) is 24.3 Å². The van der Waals surface area contributed by atoms with E-state index in [-0.39, 0.29) is 11.9 Å². The van der Waals surface area contributed by atoms with Gasteiger partial charge in [-0.15, -0.1) is 0 Å². The highest BCUT2D eigenvalue weighted by atomic mass is 19.1. The Kier molecular flexibility index (Phi) is 6.15. The van der Waals surface area contributed by atoms with E-state index in [4.69, 9.17) is 5.73 Å². The molecule has 1 heterocycles. The van der Waals surface area contributed by atoms with Crippen molar-refractivity contribution in [3.63, 3.8) is 0 Å². The number of piperidine rings is 1. The van der Waals surface area contributed by atoms with Crippen molar-refractivity contribution in [1.29, 1.82) is 0 Å². The molecule has 4 heteroatoms. The lowest BCUT2D eigenvalue weighted by molar-refractivity contribution is 0.129. The minimum absolute atomic E-state index is 0.0104. The number of halogens is 1. The van der Waals surface area contributed by atoms with E-state index in [0.717, 1.165) is 25.1 Å². The van der Waals surface area contributed by atoms with Gasteiger partial charge >= 0.3 is 0 Å². The highest BCUT2D eigenvalue weighted by Gasteiger charge is 2.21. The van der Waals surface area contributed by atoms with Crippen LogP contribution >= 0.6 is 0 Å². The molecule has 2 N–H and O–H groups in total. The first-order valence-corrected chi connectivity index (χ1v) is 8.03. The zero-order valence-electron chi connectivity index (χ0n) is 13.3. The first-order chi connectivity index (χ1) is 10.1. The Hall–Kier alpha value is -0.970. The average Bonchev–Trinajstić information content (AvgIpc) is 2.53. The van der Waals surface area contributed by atoms with Gasteiger partial charge in [0.25, 0.3) is 0 Å². The molecule has 0 saturated carbocycles. The zero-order valence-corrected chi connectivity index (χ0v) is 13.3. The van der Waals surface area contributed by atoms with E-state index < -0.39 is 0 Å². The maximum Gasteiger partial charge on any atom is 0.123 e. The van der Waals surface area contributed by atoms with Gasteiger partial charge in [-0.1, -0.05) is 19.1 Å². The Morgan fingerprint density at radius 2 is 1.90 bits per heavy atom. The molecule has 3 nitrogen and oxygen atoms in total. The lowest BCUT2D eigenvalue weighted by Crippen LogP contribution is -2.43. The molecule has 118 valence electrons. The number of nitrogens with two attached hydrogens (primary N) is 1. The molecule has 1 aliphatic heterocycles. The molecule has 21 heavy (non-hydrogen) atoms. The van der Waals surface area contributed by atoms with Crippen LogP contribution in [0.25, 0.3) is 0 Å². The van der Waals surface area contributed by atoms with Crippen LogP contribution in [-0.4, -0.2) is 49.1 Å². The maximum atomic E-state index is 12.9. The van der Waals surface area contributed by atoms with E-state index in [1.165, 1.54) is 38.1 Å². The third-order valence-electron chi connectivity index (χ3n) is 4.72. The summed E-state index contributed by atoms with van der Waals surface area (Å²) in [7, 11) is 2.20. The number of rotatable bonds is 6. The van der Waals surface area contributed by atoms with Gasteiger partial charge < -0.3 is 15.5 Å². The molecular weight excluding hydrogens is 265 g/mol. The van der Waals surface area contributed by atoms with Crippen LogP contribution in [0.3, 0.4) is 0 Å². The van der Waals surface area contributed by atoms with Crippen molar-refractivity contribution in [2.45, 2.75) is 38.3 Å². The van der Waals surface area contributed by atoms with Gasteiger partial charge in [0.2, 0.25) is 0 Å². The van der Waals surface area contributed by atoms with Gasteiger partial charge in [-0.05, 0) is 70.2 Å². The summed E-state index contributed by atoms with van der Waals surface area (Å²) in [6.45, 7) is 6.79. The molecule has 1 saturated heterocycles. The van der Waals surface area contributed by atoms with Crippen LogP contribution in [0.5, 0.6) is 0 Å². The molecule has 0 spiro atoms. The number of hydrogen-bond acceptors (Lipinski definition) is 3. The first-order valence-electron chi connectivity index (χ1n) is 8.03. The molecule has 1 aliphatic rings. The molecule has 1 aromatic carbocycles. The summed E-state index contributed by atoms with van der Waals surface area (Å²) in [6, 6.07) is 7.22. The molecule has 0 radical (unpaired) electrons. The van der Waals surface area contributed by atoms with E-state index in [1.807, 2.05) is 0 Å². The summed E-state index contributed by atoms with van der Waals surface area (Å²) in [4.78, 5) is 4.95. The second kappa shape index (κ2) is 7.87. The Morgan fingerprint density at radius 1 is 1.29 bits per heavy atom. The van der Waals surface area contributed by atoms with Gasteiger partial charge in [0.15, 0.2) is 0 Å². The molecule has 1 aromatic rings. The standard InChI is InChI=1S/C17H28FN3/c1-3-21-12-8-16(9-13-21)20(2)11-10-17(19)14-4-6-15(18)7-5-14/h4-7,16-17H,3,8-13,19H2,1-2H3. The van der Waals surface area contributed by atoms with Crippen LogP contribution in [0.2, 0.25) is 0 Å². The molecule has 0 amide bonds. The van der Waals surface area contributed by atoms with Crippen molar-refractivity contribution in [2.24, 2.45) is 5.73 Å². The van der Waals surface area contributed by atoms with Crippen molar-refractivity contribution in [3.8, 4) is 0 Å². The second-order valence-electron chi connectivity index (χ2n) is 6.09. The fourth-order valence-corrected chi connectivity index (χ4v) is 3.08. The van der Waals surface area contributed by atoms with Crippen molar-refractivity contribution in [3.05, 3.63) is 35.6 Å². The molecule has 0 aliphatic carbocycles.